The largest absolute Gasteiger partial charge is 0.507 e. The van der Waals surface area contributed by atoms with Crippen molar-refractivity contribution in [2.24, 2.45) is 0 Å². The molecule has 1 unspecified atom stereocenters. The Balaban J connectivity index is 1.83. The molecule has 166 valence electrons. The van der Waals surface area contributed by atoms with Crippen LogP contribution >= 0.6 is 0 Å². The van der Waals surface area contributed by atoms with Gasteiger partial charge in [0.15, 0.2) is 0 Å². The van der Waals surface area contributed by atoms with E-state index < -0.39 is 17.7 Å². The predicted octanol–water partition coefficient (Wildman–Crippen LogP) is 3.07. The summed E-state index contributed by atoms with van der Waals surface area (Å²) in [4.78, 5) is 29.4. The fourth-order valence-corrected chi connectivity index (χ4v) is 3.93. The summed E-state index contributed by atoms with van der Waals surface area (Å²) in [5.41, 5.74) is 1.89. The second-order valence-electron chi connectivity index (χ2n) is 8.14. The lowest BCUT2D eigenvalue weighted by molar-refractivity contribution is -0.140. The summed E-state index contributed by atoms with van der Waals surface area (Å²) in [5.74, 6) is -0.538. The maximum absolute atomic E-state index is 13.1. The number of para-hydroxylation sites is 1. The topological polar surface area (TPSA) is 91.8 Å². The van der Waals surface area contributed by atoms with E-state index in [0.29, 0.717) is 35.9 Å². The first-order valence-electron chi connectivity index (χ1n) is 10.4. The summed E-state index contributed by atoms with van der Waals surface area (Å²) in [6, 6.07) is 12.2. The summed E-state index contributed by atoms with van der Waals surface area (Å²) in [7, 11) is 3.79. The minimum Gasteiger partial charge on any atom is -0.507 e. The molecule has 3 heterocycles. The summed E-state index contributed by atoms with van der Waals surface area (Å²) in [5, 5.41) is 15.6. The van der Waals surface area contributed by atoms with Crippen molar-refractivity contribution in [3.05, 3.63) is 77.0 Å². The summed E-state index contributed by atoms with van der Waals surface area (Å²) < 4.78 is 7.48. The molecule has 2 aromatic heterocycles. The van der Waals surface area contributed by atoms with Crippen molar-refractivity contribution >= 4 is 17.4 Å². The number of rotatable bonds is 6. The van der Waals surface area contributed by atoms with Crippen LogP contribution in [0.3, 0.4) is 0 Å². The molecule has 1 atom stereocenters. The third kappa shape index (κ3) is 3.73. The first-order chi connectivity index (χ1) is 15.3. The number of hydrogen-bond acceptors (Lipinski definition) is 6. The van der Waals surface area contributed by atoms with Crippen LogP contribution in [0.4, 0.5) is 0 Å². The van der Waals surface area contributed by atoms with Gasteiger partial charge >= 0.3 is 0 Å². The van der Waals surface area contributed by atoms with Gasteiger partial charge in [0.2, 0.25) is 0 Å². The molecule has 8 heteroatoms. The average Bonchev–Trinajstić information content (AvgIpc) is 3.43. The molecule has 0 radical (unpaired) electrons. The van der Waals surface area contributed by atoms with Crippen LogP contribution in [0.5, 0.6) is 0 Å². The molecule has 1 N–H and O–H groups in total. The minimum atomic E-state index is -0.803. The van der Waals surface area contributed by atoms with E-state index in [9.17, 15) is 14.7 Å². The normalized spacial score (nSPS) is 18.2. The number of likely N-dealkylation sites (N-methyl/N-ethyl adjacent to an activating group) is 1. The number of nitrogens with zero attached hydrogens (tertiary/aromatic N) is 4. The van der Waals surface area contributed by atoms with Gasteiger partial charge in [-0.3, -0.25) is 9.59 Å². The minimum absolute atomic E-state index is 0.0128. The zero-order valence-electron chi connectivity index (χ0n) is 18.6. The van der Waals surface area contributed by atoms with Crippen LogP contribution in [-0.4, -0.2) is 63.6 Å². The zero-order valence-corrected chi connectivity index (χ0v) is 18.6. The van der Waals surface area contributed by atoms with Crippen molar-refractivity contribution in [3.63, 3.8) is 0 Å². The lowest BCUT2D eigenvalue weighted by Crippen LogP contribution is -2.35. The molecule has 8 nitrogen and oxygen atoms in total. The highest BCUT2D eigenvalue weighted by molar-refractivity contribution is 6.46. The van der Waals surface area contributed by atoms with Crippen LogP contribution in [0.25, 0.3) is 11.4 Å². The molecule has 1 aliphatic heterocycles. The molecule has 4 rings (SSSR count). The highest BCUT2D eigenvalue weighted by Gasteiger charge is 2.47. The molecule has 0 aliphatic carbocycles. The van der Waals surface area contributed by atoms with Gasteiger partial charge in [0.25, 0.3) is 11.7 Å². The van der Waals surface area contributed by atoms with E-state index in [2.05, 4.69) is 5.10 Å². The SMILES string of the molecule is Cc1ccc(C2C(=C(O)c3cnn(-c4ccccc4)c3C)C(=O)C(=O)N2CCN(C)C)o1. The van der Waals surface area contributed by atoms with Crippen LogP contribution in [0.15, 0.2) is 58.7 Å². The Kier molecular flexibility index (Phi) is 5.71. The zero-order chi connectivity index (χ0) is 23.0. The van der Waals surface area contributed by atoms with Gasteiger partial charge in [0, 0.05) is 13.1 Å². The van der Waals surface area contributed by atoms with E-state index in [1.165, 1.54) is 11.1 Å². The number of aliphatic hydroxyl groups excluding tert-OH is 1. The Morgan fingerprint density at radius 3 is 2.47 bits per heavy atom. The number of furan rings is 1. The lowest BCUT2D eigenvalue weighted by Gasteiger charge is -2.24. The number of carbonyl (C=O) groups excluding carboxylic acids is 2. The lowest BCUT2D eigenvalue weighted by atomic mass is 9.99. The fraction of sp³-hybridized carbons (Fsp3) is 0.292. The number of aromatic nitrogens is 2. The second kappa shape index (κ2) is 8.47. The van der Waals surface area contributed by atoms with E-state index in [1.54, 1.807) is 23.7 Å². The van der Waals surface area contributed by atoms with Crippen molar-refractivity contribution < 1.29 is 19.1 Å². The van der Waals surface area contributed by atoms with Crippen molar-refractivity contribution in [1.29, 1.82) is 0 Å². The molecular weight excluding hydrogens is 408 g/mol. The molecule has 1 aliphatic rings. The smallest absolute Gasteiger partial charge is 0.295 e. The maximum Gasteiger partial charge on any atom is 0.295 e. The molecule has 0 bridgehead atoms. The molecule has 1 fully saturated rings. The molecular formula is C24H26N4O4. The average molecular weight is 434 g/mol. The molecule has 0 saturated carbocycles. The van der Waals surface area contributed by atoms with Gasteiger partial charge in [-0.1, -0.05) is 18.2 Å². The molecule has 0 spiro atoms. The second-order valence-corrected chi connectivity index (χ2v) is 8.14. The van der Waals surface area contributed by atoms with Gasteiger partial charge in [0.1, 0.15) is 23.3 Å². The number of ketones is 1. The van der Waals surface area contributed by atoms with Gasteiger partial charge in [-0.2, -0.15) is 5.10 Å². The highest BCUT2D eigenvalue weighted by Crippen LogP contribution is 2.40. The van der Waals surface area contributed by atoms with E-state index in [-0.39, 0.29) is 11.3 Å². The molecule has 32 heavy (non-hydrogen) atoms. The number of amides is 1. The summed E-state index contributed by atoms with van der Waals surface area (Å²) >= 11 is 0. The first kappa shape index (κ1) is 21.6. The Labute approximate surface area is 186 Å². The Morgan fingerprint density at radius 1 is 1.12 bits per heavy atom. The summed E-state index contributed by atoms with van der Waals surface area (Å²) in [6.07, 6.45) is 1.51. The van der Waals surface area contributed by atoms with Crippen molar-refractivity contribution in [3.8, 4) is 5.69 Å². The quantitative estimate of drug-likeness (QED) is 0.364. The van der Waals surface area contributed by atoms with Gasteiger partial charge in [0.05, 0.1) is 28.7 Å². The van der Waals surface area contributed by atoms with Gasteiger partial charge < -0.3 is 19.3 Å². The van der Waals surface area contributed by atoms with Crippen LogP contribution in [0.2, 0.25) is 0 Å². The maximum atomic E-state index is 13.1. The monoisotopic (exact) mass is 434 g/mol. The number of aliphatic hydroxyl groups is 1. The number of likely N-dealkylation sites (tertiary alicyclic amines) is 1. The molecule has 1 saturated heterocycles. The van der Waals surface area contributed by atoms with E-state index in [0.717, 1.165) is 5.69 Å². The molecule has 1 amide bonds. The van der Waals surface area contributed by atoms with Crippen molar-refractivity contribution in [2.45, 2.75) is 19.9 Å². The Hall–Kier alpha value is -3.65. The van der Waals surface area contributed by atoms with E-state index in [4.69, 9.17) is 4.42 Å². The molecule has 1 aromatic carbocycles. The first-order valence-corrected chi connectivity index (χ1v) is 10.4. The number of aryl methyl sites for hydroxylation is 1. The number of Topliss-reactive ketones (excluding diaryl/α,β-unsaturated/α-hetero) is 1. The number of benzene rings is 1. The standard InChI is InChI=1S/C24H26N4O4/c1-15-10-11-19(32-15)21-20(23(30)24(31)27(21)13-12-26(3)4)22(29)18-14-25-28(16(18)2)17-8-6-5-7-9-17/h5-11,14,21,29H,12-13H2,1-4H3. The van der Waals surface area contributed by atoms with Crippen LogP contribution in [0, 0.1) is 13.8 Å². The third-order valence-electron chi connectivity index (χ3n) is 5.62. The van der Waals surface area contributed by atoms with Crippen LogP contribution in [0.1, 0.15) is 28.8 Å². The van der Waals surface area contributed by atoms with E-state index in [1.807, 2.05) is 56.3 Å². The highest BCUT2D eigenvalue weighted by atomic mass is 16.3. The summed E-state index contributed by atoms with van der Waals surface area (Å²) in [6.45, 7) is 4.49. The Bertz CT molecular complexity index is 1190. The van der Waals surface area contributed by atoms with Crippen molar-refractivity contribution in [1.82, 2.24) is 19.6 Å². The number of hydrogen-bond donors (Lipinski definition) is 1. The van der Waals surface area contributed by atoms with Gasteiger partial charge in [-0.15, -0.1) is 0 Å². The third-order valence-corrected chi connectivity index (χ3v) is 5.62. The Morgan fingerprint density at radius 2 is 1.84 bits per heavy atom. The van der Waals surface area contributed by atoms with E-state index >= 15 is 0 Å². The van der Waals surface area contributed by atoms with Crippen LogP contribution < -0.4 is 0 Å². The number of carbonyl (C=O) groups is 2. The predicted molar refractivity (Wildman–Crippen MR) is 119 cm³/mol. The van der Waals surface area contributed by atoms with Gasteiger partial charge in [-0.05, 0) is 52.2 Å². The van der Waals surface area contributed by atoms with Crippen molar-refractivity contribution in [2.75, 3.05) is 27.2 Å². The fourth-order valence-electron chi connectivity index (χ4n) is 3.93. The van der Waals surface area contributed by atoms with Gasteiger partial charge in [-0.25, -0.2) is 4.68 Å². The van der Waals surface area contributed by atoms with Crippen LogP contribution in [-0.2, 0) is 9.59 Å². The molecule has 3 aromatic rings.